The van der Waals surface area contributed by atoms with E-state index in [0.717, 1.165) is 11.8 Å². The number of nitrogens with zero attached hydrogens (tertiary/aromatic N) is 2. The number of rotatable bonds is 4. The molecule has 0 amide bonds. The normalized spacial score (nSPS) is 26.5. The second-order valence-corrected chi connectivity index (χ2v) is 6.08. The Morgan fingerprint density at radius 3 is 2.58 bits per heavy atom. The first-order valence-electron chi connectivity index (χ1n) is 8.02. The predicted molar refractivity (Wildman–Crippen MR) is 86.3 cm³/mol. The van der Waals surface area contributed by atoms with E-state index in [1.807, 2.05) is 30.3 Å². The summed E-state index contributed by atoms with van der Waals surface area (Å²) in [5.41, 5.74) is -0.211. The zero-order valence-corrected chi connectivity index (χ0v) is 13.6. The van der Waals surface area contributed by atoms with Crippen LogP contribution >= 0.6 is 0 Å². The van der Waals surface area contributed by atoms with E-state index >= 15 is 0 Å². The topological polar surface area (TPSA) is 87.5 Å². The Bertz CT molecular complexity index is 730. The van der Waals surface area contributed by atoms with Crippen LogP contribution in [0.1, 0.15) is 11.3 Å². The van der Waals surface area contributed by atoms with Crippen LogP contribution in [0.2, 0.25) is 0 Å². The number of ether oxygens (including phenoxy) is 1. The van der Waals surface area contributed by atoms with Crippen molar-refractivity contribution in [1.82, 2.24) is 9.97 Å². The summed E-state index contributed by atoms with van der Waals surface area (Å²) in [5.74, 6) is -0.153. The van der Waals surface area contributed by atoms with E-state index in [0.29, 0.717) is 12.6 Å². The molecule has 0 saturated carbocycles. The molecule has 0 spiro atoms. The second kappa shape index (κ2) is 7.56. The van der Waals surface area contributed by atoms with Gasteiger partial charge in [0, 0.05) is 6.42 Å². The van der Waals surface area contributed by atoms with E-state index in [1.165, 1.54) is 0 Å². The highest BCUT2D eigenvalue weighted by Gasteiger charge is 2.39. The fourth-order valence-corrected chi connectivity index (χ4v) is 2.84. The number of benzene rings is 1. The van der Waals surface area contributed by atoms with Crippen molar-refractivity contribution in [2.24, 2.45) is 0 Å². The summed E-state index contributed by atoms with van der Waals surface area (Å²) in [6, 6.07) is 8.47. The van der Waals surface area contributed by atoms with Gasteiger partial charge in [-0.25, -0.2) is 4.98 Å². The van der Waals surface area contributed by atoms with Crippen LogP contribution in [-0.4, -0.2) is 51.1 Å². The van der Waals surface area contributed by atoms with Crippen LogP contribution in [0.25, 0.3) is 0 Å². The molecule has 2 aromatic rings. The number of nitrogens with one attached hydrogen (secondary N) is 1. The lowest BCUT2D eigenvalue weighted by molar-refractivity contribution is -0.141. The Balaban J connectivity index is 1.81. The molecule has 0 aliphatic carbocycles. The molecule has 1 saturated heterocycles. The molecule has 1 aliphatic heterocycles. The molecule has 9 heteroatoms. The number of alkyl halides is 3. The van der Waals surface area contributed by atoms with E-state index in [1.54, 1.807) is 0 Å². The highest BCUT2D eigenvalue weighted by molar-refractivity contribution is 5.35. The third kappa shape index (κ3) is 4.29. The fourth-order valence-electron chi connectivity index (χ4n) is 2.84. The molecule has 0 unspecified atom stereocenters. The maximum Gasteiger partial charge on any atom is 0.434 e. The maximum absolute atomic E-state index is 12.8. The first-order valence-corrected chi connectivity index (χ1v) is 8.02. The van der Waals surface area contributed by atoms with Crippen molar-refractivity contribution in [3.63, 3.8) is 0 Å². The number of aromatic nitrogens is 2. The molecule has 3 N–H and O–H groups in total. The van der Waals surface area contributed by atoms with Crippen LogP contribution in [0.5, 0.6) is 0 Å². The first-order chi connectivity index (χ1) is 12.3. The maximum atomic E-state index is 12.8. The molecule has 0 radical (unpaired) electrons. The molecule has 0 bridgehead atoms. The lowest BCUT2D eigenvalue weighted by atomic mass is 9.92. The van der Waals surface area contributed by atoms with E-state index < -0.39 is 36.2 Å². The summed E-state index contributed by atoms with van der Waals surface area (Å²) in [4.78, 5) is 7.03. The lowest BCUT2D eigenvalue weighted by Gasteiger charge is -2.39. The van der Waals surface area contributed by atoms with Crippen molar-refractivity contribution in [3.05, 3.63) is 54.0 Å². The number of anilines is 1. The smallest absolute Gasteiger partial charge is 0.388 e. The van der Waals surface area contributed by atoms with Gasteiger partial charge in [0.1, 0.15) is 18.0 Å². The number of halogens is 3. The van der Waals surface area contributed by atoms with Crippen molar-refractivity contribution < 1.29 is 28.1 Å². The highest BCUT2D eigenvalue weighted by Crippen LogP contribution is 2.28. The number of hydrogen-bond donors (Lipinski definition) is 3. The van der Waals surface area contributed by atoms with E-state index in [2.05, 4.69) is 15.3 Å². The summed E-state index contributed by atoms with van der Waals surface area (Å²) in [6.07, 6.45) is -5.42. The van der Waals surface area contributed by atoms with Gasteiger partial charge in [-0.3, -0.25) is 4.98 Å². The summed E-state index contributed by atoms with van der Waals surface area (Å²) in [6.45, 7) is -0.0644. The Labute approximate surface area is 147 Å². The average Bonchev–Trinajstić information content (AvgIpc) is 2.62. The molecule has 140 valence electrons. The van der Waals surface area contributed by atoms with Crippen LogP contribution in [0.15, 0.2) is 42.7 Å². The van der Waals surface area contributed by atoms with Crippen molar-refractivity contribution >= 4 is 5.82 Å². The molecule has 6 nitrogen and oxygen atoms in total. The molecule has 26 heavy (non-hydrogen) atoms. The van der Waals surface area contributed by atoms with Gasteiger partial charge < -0.3 is 20.3 Å². The minimum atomic E-state index is -4.63. The van der Waals surface area contributed by atoms with Gasteiger partial charge in [0.05, 0.1) is 31.1 Å². The number of aliphatic hydroxyl groups is 2. The highest BCUT2D eigenvalue weighted by atomic mass is 19.4. The Hall–Kier alpha value is -2.23. The molecule has 1 aromatic carbocycles. The van der Waals surface area contributed by atoms with Crippen LogP contribution in [0.4, 0.5) is 19.0 Å². The minimum absolute atomic E-state index is 0.0644. The molecule has 4 atom stereocenters. The molecule has 1 aliphatic rings. The predicted octanol–water partition coefficient (Wildman–Crippen LogP) is 1.64. The molecule has 2 heterocycles. The molecule has 3 rings (SSSR count). The summed E-state index contributed by atoms with van der Waals surface area (Å²) in [7, 11) is 0. The summed E-state index contributed by atoms with van der Waals surface area (Å²) < 4.78 is 44.0. The monoisotopic (exact) mass is 369 g/mol. The van der Waals surface area contributed by atoms with Crippen LogP contribution < -0.4 is 5.32 Å². The van der Waals surface area contributed by atoms with Gasteiger partial charge in [-0.15, -0.1) is 0 Å². The second-order valence-electron chi connectivity index (χ2n) is 6.08. The van der Waals surface area contributed by atoms with Crippen LogP contribution in [0, 0.1) is 0 Å². The zero-order valence-electron chi connectivity index (χ0n) is 13.6. The quantitative estimate of drug-likeness (QED) is 0.760. The van der Waals surface area contributed by atoms with Gasteiger partial charge in [0.2, 0.25) is 0 Å². The van der Waals surface area contributed by atoms with Gasteiger partial charge in [0.15, 0.2) is 5.69 Å². The van der Waals surface area contributed by atoms with Crippen molar-refractivity contribution in [3.8, 4) is 0 Å². The largest absolute Gasteiger partial charge is 0.434 e. The van der Waals surface area contributed by atoms with Crippen molar-refractivity contribution in [2.75, 3.05) is 11.9 Å². The van der Waals surface area contributed by atoms with Crippen molar-refractivity contribution in [1.29, 1.82) is 0 Å². The molecule has 1 fully saturated rings. The molecule has 1 aromatic heterocycles. The van der Waals surface area contributed by atoms with Gasteiger partial charge >= 0.3 is 6.18 Å². The minimum Gasteiger partial charge on any atom is -0.388 e. The van der Waals surface area contributed by atoms with Crippen molar-refractivity contribution in [2.45, 2.75) is 37.0 Å². The Morgan fingerprint density at radius 2 is 1.88 bits per heavy atom. The fraction of sp³-hybridized carbons (Fsp3) is 0.412. The SMILES string of the molecule is O[C@@H]1[C@@H](Nc2cncc(C(F)(F)F)n2)[C@@H](Cc2ccccc2)OC[C@@H]1O. The first kappa shape index (κ1) is 18.6. The molecular formula is C17H18F3N3O3. The lowest BCUT2D eigenvalue weighted by Crippen LogP contribution is -2.57. The van der Waals surface area contributed by atoms with E-state index in [-0.39, 0.29) is 12.4 Å². The third-order valence-electron chi connectivity index (χ3n) is 4.16. The third-order valence-corrected chi connectivity index (χ3v) is 4.16. The van der Waals surface area contributed by atoms with Gasteiger partial charge in [0.25, 0.3) is 0 Å². The van der Waals surface area contributed by atoms with Gasteiger partial charge in [-0.1, -0.05) is 30.3 Å². The average molecular weight is 369 g/mol. The van der Waals surface area contributed by atoms with Gasteiger partial charge in [-0.05, 0) is 5.56 Å². The Kier molecular flexibility index (Phi) is 5.40. The van der Waals surface area contributed by atoms with Crippen LogP contribution in [0.3, 0.4) is 0 Å². The van der Waals surface area contributed by atoms with E-state index in [9.17, 15) is 23.4 Å². The summed E-state index contributed by atoms with van der Waals surface area (Å²) in [5, 5.41) is 22.9. The Morgan fingerprint density at radius 1 is 1.15 bits per heavy atom. The standard InChI is InChI=1S/C17H18F3N3O3/c18-17(19,20)13-7-21-8-14(22-13)23-15-12(26-9-11(24)16(15)25)6-10-4-2-1-3-5-10/h1-5,7-8,11-12,15-16,24-25H,6,9H2,(H,22,23)/t11-,12+,15-,16-/m0/s1. The zero-order chi connectivity index (χ0) is 18.7. The van der Waals surface area contributed by atoms with E-state index in [4.69, 9.17) is 4.74 Å². The van der Waals surface area contributed by atoms with Crippen LogP contribution in [-0.2, 0) is 17.3 Å². The van der Waals surface area contributed by atoms with Gasteiger partial charge in [-0.2, -0.15) is 13.2 Å². The number of hydrogen-bond acceptors (Lipinski definition) is 6. The molecular weight excluding hydrogens is 351 g/mol. The number of aliphatic hydroxyl groups excluding tert-OH is 2. The summed E-state index contributed by atoms with van der Waals surface area (Å²) >= 11 is 0.